The Morgan fingerprint density at radius 1 is 0.875 bits per heavy atom. The average molecular weight is 702 g/mol. The number of hydrogen-bond acceptors (Lipinski definition) is 7. The highest BCUT2D eigenvalue weighted by Gasteiger charge is 2.39. The number of benzene rings is 2. The highest BCUT2D eigenvalue weighted by molar-refractivity contribution is 6.30. The SMILES string of the molecule is CN1CCN=C1c1ccc(CN2C(=O)CN(C(=O)c3ccc(Cl)cc3)Cc3cnccc32)cc1.O=C(O)C(F)(F)F.O=C(O)C(F)(F)F. The van der Waals surface area contributed by atoms with Crippen LogP contribution in [0.3, 0.4) is 0 Å². The van der Waals surface area contributed by atoms with Crippen molar-refractivity contribution in [1.29, 1.82) is 0 Å². The van der Waals surface area contributed by atoms with E-state index in [0.29, 0.717) is 23.7 Å². The van der Waals surface area contributed by atoms with Gasteiger partial charge in [0.25, 0.3) is 5.91 Å². The number of hydrogen-bond donors (Lipinski definition) is 2. The molecule has 2 aliphatic rings. The van der Waals surface area contributed by atoms with Gasteiger partial charge in [0.1, 0.15) is 12.4 Å². The molecule has 48 heavy (non-hydrogen) atoms. The molecule has 2 aliphatic heterocycles. The van der Waals surface area contributed by atoms with Crippen LogP contribution >= 0.6 is 11.6 Å². The summed E-state index contributed by atoms with van der Waals surface area (Å²) in [5, 5.41) is 14.8. The van der Waals surface area contributed by atoms with E-state index < -0.39 is 24.3 Å². The van der Waals surface area contributed by atoms with Crippen LogP contribution in [-0.2, 0) is 27.5 Å². The predicted octanol–water partition coefficient (Wildman–Crippen LogP) is 4.88. The Bertz CT molecular complexity index is 1640. The number of rotatable bonds is 4. The van der Waals surface area contributed by atoms with E-state index in [9.17, 15) is 35.9 Å². The predicted molar refractivity (Wildman–Crippen MR) is 159 cm³/mol. The number of nitrogens with zero attached hydrogens (tertiary/aromatic N) is 5. The first-order valence-corrected chi connectivity index (χ1v) is 14.0. The second-order valence-electron chi connectivity index (χ2n) is 10.1. The van der Waals surface area contributed by atoms with Crippen LogP contribution in [-0.4, -0.2) is 93.6 Å². The first-order chi connectivity index (χ1) is 22.4. The number of anilines is 1. The molecule has 256 valence electrons. The van der Waals surface area contributed by atoms with Gasteiger partial charge >= 0.3 is 24.3 Å². The third kappa shape index (κ3) is 10.2. The first-order valence-electron chi connectivity index (χ1n) is 13.6. The van der Waals surface area contributed by atoms with Gasteiger partial charge in [-0.3, -0.25) is 19.6 Å². The van der Waals surface area contributed by atoms with E-state index in [1.807, 2.05) is 37.4 Å². The van der Waals surface area contributed by atoms with Crippen molar-refractivity contribution in [2.45, 2.75) is 25.4 Å². The second kappa shape index (κ2) is 15.6. The van der Waals surface area contributed by atoms with E-state index in [4.69, 9.17) is 31.4 Å². The highest BCUT2D eigenvalue weighted by atomic mass is 35.5. The number of fused-ring (bicyclic) bond motifs is 1. The number of carboxylic acids is 2. The van der Waals surface area contributed by atoms with Crippen molar-refractivity contribution in [2.75, 3.05) is 31.6 Å². The van der Waals surface area contributed by atoms with E-state index in [0.717, 1.165) is 41.3 Å². The minimum atomic E-state index is -5.08. The molecular formula is C30H26ClF6N5O6. The Balaban J connectivity index is 0.000000376. The van der Waals surface area contributed by atoms with E-state index in [1.165, 1.54) is 0 Å². The van der Waals surface area contributed by atoms with Gasteiger partial charge in [-0.25, -0.2) is 9.59 Å². The molecule has 0 spiro atoms. The normalized spacial score (nSPS) is 14.5. The molecule has 11 nitrogen and oxygen atoms in total. The van der Waals surface area contributed by atoms with Gasteiger partial charge in [0, 0.05) is 47.7 Å². The van der Waals surface area contributed by atoms with Crippen molar-refractivity contribution in [3.63, 3.8) is 0 Å². The van der Waals surface area contributed by atoms with Crippen molar-refractivity contribution in [1.82, 2.24) is 14.8 Å². The second-order valence-corrected chi connectivity index (χ2v) is 10.5. The van der Waals surface area contributed by atoms with E-state index in [2.05, 4.69) is 14.9 Å². The standard InChI is InChI=1S/C26H24ClN5O2.2C2HF3O2/c1-30-13-12-29-25(30)19-4-2-18(3-5-19)15-32-23-10-11-28-14-21(23)16-31(17-24(32)33)26(34)20-6-8-22(27)9-7-20;2*3-2(4,5)1(6)7/h2-11,14H,12-13,15-17H2,1H3;2*(H,6,7). The van der Waals surface area contributed by atoms with Gasteiger partial charge in [-0.15, -0.1) is 0 Å². The van der Waals surface area contributed by atoms with E-state index in [-0.39, 0.29) is 18.4 Å². The zero-order valence-electron chi connectivity index (χ0n) is 24.8. The Kier molecular flexibility index (Phi) is 12.1. The Morgan fingerprint density at radius 2 is 1.44 bits per heavy atom. The van der Waals surface area contributed by atoms with E-state index >= 15 is 0 Å². The number of carbonyl (C=O) groups excluding carboxylic acids is 2. The maximum absolute atomic E-state index is 13.4. The van der Waals surface area contributed by atoms with Gasteiger partial charge in [0.05, 0.1) is 25.3 Å². The number of aliphatic imine (C=N–C) groups is 1. The fraction of sp³-hybridized carbons (Fsp3) is 0.267. The van der Waals surface area contributed by atoms with Gasteiger partial charge in [-0.1, -0.05) is 35.9 Å². The molecular weight excluding hydrogens is 676 g/mol. The lowest BCUT2D eigenvalue weighted by Crippen LogP contribution is -2.39. The number of likely N-dealkylation sites (N-methyl/N-ethyl adjacent to an activating group) is 1. The monoisotopic (exact) mass is 701 g/mol. The molecule has 0 fully saturated rings. The quantitative estimate of drug-likeness (QED) is 0.367. The Labute approximate surface area is 273 Å². The maximum atomic E-state index is 13.4. The number of aliphatic carboxylic acids is 2. The third-order valence-corrected chi connectivity index (χ3v) is 6.88. The molecule has 2 N–H and O–H groups in total. The molecule has 18 heteroatoms. The molecule has 0 saturated carbocycles. The summed E-state index contributed by atoms with van der Waals surface area (Å²) in [5.74, 6) is -4.88. The molecule has 0 atom stereocenters. The molecule has 1 aromatic heterocycles. The molecule has 3 heterocycles. The lowest BCUT2D eigenvalue weighted by atomic mass is 10.1. The van der Waals surface area contributed by atoms with Crippen LogP contribution in [0.2, 0.25) is 5.02 Å². The molecule has 2 aromatic carbocycles. The number of amidine groups is 1. The van der Waals surface area contributed by atoms with Crippen LogP contribution in [0.25, 0.3) is 0 Å². The molecule has 2 amide bonds. The number of amides is 2. The fourth-order valence-corrected chi connectivity index (χ4v) is 4.45. The van der Waals surface area contributed by atoms with Crippen molar-refractivity contribution < 1.29 is 55.7 Å². The van der Waals surface area contributed by atoms with Crippen molar-refractivity contribution >= 4 is 46.9 Å². The number of carboxylic acid groups (broad SMARTS) is 2. The number of carbonyl (C=O) groups is 4. The molecule has 0 radical (unpaired) electrons. The maximum Gasteiger partial charge on any atom is 0.490 e. The summed E-state index contributed by atoms with van der Waals surface area (Å²) < 4.78 is 63.5. The molecule has 5 rings (SSSR count). The zero-order valence-corrected chi connectivity index (χ0v) is 25.6. The minimum Gasteiger partial charge on any atom is -0.475 e. The first kappa shape index (κ1) is 37.3. The lowest BCUT2D eigenvalue weighted by Gasteiger charge is -2.23. The highest BCUT2D eigenvalue weighted by Crippen LogP contribution is 2.28. The minimum absolute atomic E-state index is 0.0180. The molecule has 3 aromatic rings. The van der Waals surface area contributed by atoms with Crippen molar-refractivity contribution in [3.8, 4) is 0 Å². The zero-order chi connectivity index (χ0) is 35.8. The lowest BCUT2D eigenvalue weighted by molar-refractivity contribution is -0.193. The summed E-state index contributed by atoms with van der Waals surface area (Å²) in [6, 6.07) is 16.7. The summed E-state index contributed by atoms with van der Waals surface area (Å²) in [4.78, 5) is 58.5. The summed E-state index contributed by atoms with van der Waals surface area (Å²) in [7, 11) is 2.04. The summed E-state index contributed by atoms with van der Waals surface area (Å²) >= 11 is 5.97. The number of aromatic nitrogens is 1. The van der Waals surface area contributed by atoms with Gasteiger partial charge in [-0.2, -0.15) is 26.3 Å². The van der Waals surface area contributed by atoms with Crippen LogP contribution in [0, 0.1) is 0 Å². The Hall–Kier alpha value is -5.19. The smallest absolute Gasteiger partial charge is 0.475 e. The largest absolute Gasteiger partial charge is 0.490 e. The Morgan fingerprint density at radius 3 is 1.94 bits per heavy atom. The van der Waals surface area contributed by atoms with Crippen LogP contribution in [0.4, 0.5) is 32.0 Å². The van der Waals surface area contributed by atoms with Crippen LogP contribution < -0.4 is 4.90 Å². The number of pyridine rings is 1. The molecule has 0 saturated heterocycles. The van der Waals surface area contributed by atoms with Gasteiger partial charge in [0.15, 0.2) is 0 Å². The van der Waals surface area contributed by atoms with E-state index in [1.54, 1.807) is 46.5 Å². The number of halogens is 7. The topological polar surface area (TPSA) is 144 Å². The van der Waals surface area contributed by atoms with Crippen LogP contribution in [0.5, 0.6) is 0 Å². The van der Waals surface area contributed by atoms with Gasteiger partial charge in [-0.05, 0) is 35.9 Å². The van der Waals surface area contributed by atoms with Gasteiger partial charge < -0.3 is 24.9 Å². The summed E-state index contributed by atoms with van der Waals surface area (Å²) in [6.45, 7) is 2.43. The van der Waals surface area contributed by atoms with Crippen molar-refractivity contribution in [2.24, 2.45) is 4.99 Å². The fourth-order valence-electron chi connectivity index (χ4n) is 4.33. The molecule has 0 bridgehead atoms. The third-order valence-electron chi connectivity index (χ3n) is 6.63. The van der Waals surface area contributed by atoms with Crippen molar-refractivity contribution in [3.05, 3.63) is 94.3 Å². The molecule has 0 aliphatic carbocycles. The van der Waals surface area contributed by atoms with Crippen LogP contribution in [0.15, 0.2) is 72.0 Å². The molecule has 0 unspecified atom stereocenters. The van der Waals surface area contributed by atoms with Crippen LogP contribution in [0.1, 0.15) is 27.0 Å². The summed E-state index contributed by atoms with van der Waals surface area (Å²) in [6.07, 6.45) is -6.77. The summed E-state index contributed by atoms with van der Waals surface area (Å²) in [5.41, 5.74) is 4.16. The van der Waals surface area contributed by atoms with Gasteiger partial charge in [0.2, 0.25) is 5.91 Å². The average Bonchev–Trinajstić information content (AvgIpc) is 3.39. The number of alkyl halides is 6.